The van der Waals surface area contributed by atoms with E-state index >= 15 is 0 Å². The number of benzene rings is 2. The van der Waals surface area contributed by atoms with E-state index in [0.717, 1.165) is 18.4 Å². The third-order valence-corrected chi connectivity index (χ3v) is 7.86. The monoisotopic (exact) mass is 595 g/mol. The number of hydrogen-bond donors (Lipinski definition) is 1. The van der Waals surface area contributed by atoms with Crippen LogP contribution in [0.25, 0.3) is 0 Å². The van der Waals surface area contributed by atoms with Crippen molar-refractivity contribution in [3.05, 3.63) is 65.2 Å². The van der Waals surface area contributed by atoms with Gasteiger partial charge in [0.05, 0.1) is 0 Å². The van der Waals surface area contributed by atoms with Crippen LogP contribution in [0.1, 0.15) is 67.4 Å². The maximum atomic E-state index is 13.7. The van der Waals surface area contributed by atoms with E-state index in [1.807, 2.05) is 0 Å². The summed E-state index contributed by atoms with van der Waals surface area (Å²) in [6.07, 6.45) is -1.34. The maximum absolute atomic E-state index is 13.7. The molecule has 0 aromatic heterocycles. The summed E-state index contributed by atoms with van der Waals surface area (Å²) in [7, 11) is 0. The number of ether oxygens (including phenoxy) is 1. The molecule has 220 valence electrons. The van der Waals surface area contributed by atoms with Gasteiger partial charge in [0.2, 0.25) is 0 Å². The van der Waals surface area contributed by atoms with Crippen molar-refractivity contribution in [3.63, 3.8) is 0 Å². The van der Waals surface area contributed by atoms with Gasteiger partial charge in [-0.05, 0) is 85.9 Å². The van der Waals surface area contributed by atoms with Crippen LogP contribution in [-0.2, 0) is 16.0 Å². The number of nitrogens with zero attached hydrogens (tertiary/aromatic N) is 2. The summed E-state index contributed by atoms with van der Waals surface area (Å²) in [5.41, 5.74) is 1.24. The summed E-state index contributed by atoms with van der Waals surface area (Å²) in [6.45, 7) is 4.73. The second kappa shape index (κ2) is 14.1. The number of carboxylic acid groups (broad SMARTS) is 1. The van der Waals surface area contributed by atoms with Gasteiger partial charge in [-0.25, -0.2) is 0 Å². The Hall–Kier alpha value is -2.89. The molecule has 8 nitrogen and oxygen atoms in total. The molecule has 4 rings (SSSR count). The van der Waals surface area contributed by atoms with Gasteiger partial charge in [-0.3, -0.25) is 14.6 Å². The zero-order chi connectivity index (χ0) is 29.8. The SMILES string of the molecule is CC(C)C1CCC2(CC1)N=C(c1ccc(OC(F)(F)F)cc1)C(=O)N2CCc1ccc(C(=O)NCCC(=O)[O-])cc1.[Na+]. The van der Waals surface area contributed by atoms with Crippen molar-refractivity contribution in [2.75, 3.05) is 13.1 Å². The van der Waals surface area contributed by atoms with Gasteiger partial charge >= 0.3 is 35.9 Å². The number of nitrogens with one attached hydrogen (secondary N) is 1. The van der Waals surface area contributed by atoms with E-state index in [2.05, 4.69) is 23.9 Å². The Bertz CT molecular complexity index is 1290. The number of carboxylic acids is 1. The topological polar surface area (TPSA) is 111 Å². The van der Waals surface area contributed by atoms with Gasteiger partial charge in [-0.2, -0.15) is 0 Å². The van der Waals surface area contributed by atoms with Crippen molar-refractivity contribution in [3.8, 4) is 5.75 Å². The standard InChI is InChI=1S/C30H34F3N3O5.Na/c1-19(2)21-11-15-29(16-12-21)35-26(22-7-9-24(10-8-22)41-30(31,32)33)28(40)36(29)18-14-20-3-5-23(6-4-20)27(39)34-17-13-25(37)38;/h3-10,19,21H,11-18H2,1-2H3,(H,34,39)(H,37,38);/q;+1/p-1. The molecule has 1 N–H and O–H groups in total. The van der Waals surface area contributed by atoms with Crippen LogP contribution in [0, 0.1) is 11.8 Å². The van der Waals surface area contributed by atoms with Crippen LogP contribution in [0.2, 0.25) is 0 Å². The number of alkyl halides is 3. The number of carbonyl (C=O) groups is 3. The molecule has 2 amide bonds. The van der Waals surface area contributed by atoms with E-state index in [4.69, 9.17) is 4.99 Å². The van der Waals surface area contributed by atoms with E-state index in [-0.39, 0.29) is 59.9 Å². The number of carbonyl (C=O) groups excluding carboxylic acids is 3. The first kappa shape index (κ1) is 33.6. The van der Waals surface area contributed by atoms with Crippen molar-refractivity contribution in [2.45, 2.75) is 64.4 Å². The third kappa shape index (κ3) is 8.35. The minimum Gasteiger partial charge on any atom is -0.550 e. The zero-order valence-corrected chi connectivity index (χ0v) is 26.0. The zero-order valence-electron chi connectivity index (χ0n) is 24.0. The van der Waals surface area contributed by atoms with E-state index in [9.17, 15) is 32.7 Å². The minimum atomic E-state index is -4.81. The minimum absolute atomic E-state index is 0. The summed E-state index contributed by atoms with van der Waals surface area (Å²) >= 11 is 0. The molecule has 0 atom stereocenters. The van der Waals surface area contributed by atoms with Gasteiger partial charge in [0.1, 0.15) is 17.1 Å². The first-order valence-electron chi connectivity index (χ1n) is 13.7. The van der Waals surface area contributed by atoms with E-state index in [1.54, 1.807) is 29.2 Å². The van der Waals surface area contributed by atoms with Gasteiger partial charge in [0, 0.05) is 36.6 Å². The normalized spacial score (nSPS) is 20.3. The summed E-state index contributed by atoms with van der Waals surface area (Å²) < 4.78 is 41.8. The Kier molecular flexibility index (Phi) is 11.2. The van der Waals surface area contributed by atoms with Gasteiger partial charge < -0.3 is 24.9 Å². The van der Waals surface area contributed by atoms with Crippen LogP contribution in [-0.4, -0.2) is 53.5 Å². The van der Waals surface area contributed by atoms with Gasteiger partial charge in [0.15, 0.2) is 0 Å². The van der Waals surface area contributed by atoms with Crippen molar-refractivity contribution in [2.24, 2.45) is 16.8 Å². The molecule has 1 spiro atoms. The molecule has 0 radical (unpaired) electrons. The molecule has 0 unspecified atom stereocenters. The van der Waals surface area contributed by atoms with Crippen LogP contribution in [0.4, 0.5) is 13.2 Å². The fourth-order valence-electron chi connectivity index (χ4n) is 5.54. The number of hydrogen-bond acceptors (Lipinski definition) is 6. The quantitative estimate of drug-likeness (QED) is 0.410. The second-order valence-corrected chi connectivity index (χ2v) is 10.9. The maximum Gasteiger partial charge on any atom is 1.00 e. The molecular weight excluding hydrogens is 562 g/mol. The third-order valence-electron chi connectivity index (χ3n) is 7.86. The Morgan fingerprint density at radius 3 is 2.26 bits per heavy atom. The first-order valence-corrected chi connectivity index (χ1v) is 13.7. The van der Waals surface area contributed by atoms with Crippen molar-refractivity contribution < 1.29 is 67.0 Å². The summed E-state index contributed by atoms with van der Waals surface area (Å²) in [6, 6.07) is 12.1. The van der Waals surface area contributed by atoms with Gasteiger partial charge in [0.25, 0.3) is 11.8 Å². The number of amides is 2. The Morgan fingerprint density at radius 2 is 1.71 bits per heavy atom. The molecule has 1 heterocycles. The van der Waals surface area contributed by atoms with E-state index < -0.39 is 23.9 Å². The smallest absolute Gasteiger partial charge is 0.550 e. The predicted molar refractivity (Wildman–Crippen MR) is 143 cm³/mol. The Balaban J connectivity index is 0.00000484. The molecule has 0 saturated heterocycles. The molecule has 1 fully saturated rings. The largest absolute Gasteiger partial charge is 1.00 e. The molecule has 1 saturated carbocycles. The van der Waals surface area contributed by atoms with E-state index in [1.165, 1.54) is 24.3 Å². The molecule has 2 aromatic carbocycles. The molecule has 2 aromatic rings. The predicted octanol–water partition coefficient (Wildman–Crippen LogP) is 0.876. The van der Waals surface area contributed by atoms with Gasteiger partial charge in [-0.1, -0.05) is 26.0 Å². The Morgan fingerprint density at radius 1 is 1.10 bits per heavy atom. The van der Waals surface area contributed by atoms with Crippen LogP contribution in [0.3, 0.4) is 0 Å². The molecule has 2 aliphatic rings. The summed E-state index contributed by atoms with van der Waals surface area (Å²) in [5.74, 6) is -1.22. The summed E-state index contributed by atoms with van der Waals surface area (Å²) in [5, 5.41) is 13.1. The molecule has 1 aliphatic carbocycles. The average molecular weight is 596 g/mol. The van der Waals surface area contributed by atoms with Crippen LogP contribution in [0.5, 0.6) is 5.75 Å². The van der Waals surface area contributed by atoms with Crippen molar-refractivity contribution in [1.29, 1.82) is 0 Å². The number of aliphatic carboxylic acids is 1. The molecular formula is C30H33F3N3NaO5. The molecule has 12 heteroatoms. The number of rotatable bonds is 10. The fourth-order valence-corrected chi connectivity index (χ4v) is 5.54. The number of halogens is 3. The second-order valence-electron chi connectivity index (χ2n) is 10.9. The Labute approximate surface area is 265 Å². The van der Waals surface area contributed by atoms with Gasteiger partial charge in [-0.15, -0.1) is 13.2 Å². The van der Waals surface area contributed by atoms with E-state index in [0.29, 0.717) is 48.8 Å². The van der Waals surface area contributed by atoms with Crippen molar-refractivity contribution >= 4 is 23.5 Å². The van der Waals surface area contributed by atoms with Crippen LogP contribution < -0.4 is 44.7 Å². The van der Waals surface area contributed by atoms with Crippen molar-refractivity contribution in [1.82, 2.24) is 10.2 Å². The average Bonchev–Trinajstić information content (AvgIpc) is 3.17. The fraction of sp³-hybridized carbons (Fsp3) is 0.467. The molecule has 0 bridgehead atoms. The summed E-state index contributed by atoms with van der Waals surface area (Å²) in [4.78, 5) is 43.2. The van der Waals surface area contributed by atoms with Crippen LogP contribution in [0.15, 0.2) is 53.5 Å². The molecule has 42 heavy (non-hydrogen) atoms. The molecule has 1 aliphatic heterocycles. The van der Waals surface area contributed by atoms with Crippen LogP contribution >= 0.6 is 0 Å². The number of aliphatic imine (C=N–C) groups is 1. The first-order chi connectivity index (χ1) is 19.4.